The van der Waals surface area contributed by atoms with E-state index in [1.807, 2.05) is 4.57 Å². The highest BCUT2D eigenvalue weighted by molar-refractivity contribution is 5.84. The van der Waals surface area contributed by atoms with Crippen molar-refractivity contribution in [2.75, 3.05) is 19.3 Å². The predicted molar refractivity (Wildman–Crippen MR) is 123 cm³/mol. The quantitative estimate of drug-likeness (QED) is 0.432. The molecule has 0 bridgehead atoms. The summed E-state index contributed by atoms with van der Waals surface area (Å²) in [5.41, 5.74) is 11.2. The Bertz CT molecular complexity index is 1510. The van der Waals surface area contributed by atoms with Crippen LogP contribution in [0.1, 0.15) is 11.1 Å². The second-order valence-electron chi connectivity index (χ2n) is 8.28. The number of fused-ring (bicyclic) bond motifs is 2. The molecule has 1 aliphatic heterocycles. The number of anilines is 1. The molecule has 0 saturated heterocycles. The number of hydrogen-bond donors (Lipinski definition) is 1. The molecule has 1 aliphatic rings. The summed E-state index contributed by atoms with van der Waals surface area (Å²) in [6.45, 7) is 1.89. The van der Waals surface area contributed by atoms with Crippen LogP contribution in [-0.4, -0.2) is 43.3 Å². The molecular formula is C24H20FN7O2. The Hall–Kier alpha value is -4.31. The standard InChI is InChI=1S/C24H20FN7O2/c1-31-9-8-14-2-5-17(10-15(14)13-31)32-20-11-21(33-18-6-3-16(25)4-7-18)27-12-19(20)28-24(32)22-23(26)30-34-29-22/h2-7,10-12H,8-9,13H2,1H3,(H2,26,30). The normalized spacial score (nSPS) is 13.8. The van der Waals surface area contributed by atoms with E-state index in [1.165, 1.54) is 23.3 Å². The molecule has 0 atom stereocenters. The summed E-state index contributed by atoms with van der Waals surface area (Å²) in [5, 5.41) is 7.69. The van der Waals surface area contributed by atoms with Crippen LogP contribution in [0, 0.1) is 5.82 Å². The lowest BCUT2D eigenvalue weighted by atomic mass is 9.99. The average molecular weight is 457 g/mol. The number of likely N-dealkylation sites (N-methyl/N-ethyl adjacent to an activating group) is 1. The summed E-state index contributed by atoms with van der Waals surface area (Å²) in [5.74, 6) is 1.11. The van der Waals surface area contributed by atoms with Gasteiger partial charge in [-0.15, -0.1) is 0 Å². The number of imidazole rings is 1. The third-order valence-corrected chi connectivity index (χ3v) is 5.93. The van der Waals surface area contributed by atoms with Crippen LogP contribution < -0.4 is 10.5 Å². The van der Waals surface area contributed by atoms with Crippen molar-refractivity contribution < 1.29 is 13.8 Å². The maximum Gasteiger partial charge on any atom is 0.221 e. The Morgan fingerprint density at radius 3 is 2.71 bits per heavy atom. The van der Waals surface area contributed by atoms with Gasteiger partial charge < -0.3 is 15.4 Å². The lowest BCUT2D eigenvalue weighted by Crippen LogP contribution is -2.26. The summed E-state index contributed by atoms with van der Waals surface area (Å²) in [6, 6.07) is 13.9. The molecule has 34 heavy (non-hydrogen) atoms. The largest absolute Gasteiger partial charge is 0.439 e. The molecule has 0 saturated carbocycles. The fourth-order valence-corrected chi connectivity index (χ4v) is 4.24. The number of benzene rings is 2. The Kier molecular flexibility index (Phi) is 4.73. The van der Waals surface area contributed by atoms with E-state index in [0.29, 0.717) is 28.7 Å². The van der Waals surface area contributed by atoms with Crippen molar-refractivity contribution in [3.63, 3.8) is 0 Å². The van der Waals surface area contributed by atoms with E-state index in [9.17, 15) is 4.39 Å². The number of ether oxygens (including phenoxy) is 1. The average Bonchev–Trinajstić information content (AvgIpc) is 3.42. The maximum absolute atomic E-state index is 13.3. The summed E-state index contributed by atoms with van der Waals surface area (Å²) in [7, 11) is 2.11. The molecule has 3 aromatic heterocycles. The first-order valence-corrected chi connectivity index (χ1v) is 10.8. The van der Waals surface area contributed by atoms with Gasteiger partial charge in [0.25, 0.3) is 0 Å². The summed E-state index contributed by atoms with van der Waals surface area (Å²) >= 11 is 0. The van der Waals surface area contributed by atoms with Crippen LogP contribution in [0.25, 0.3) is 28.2 Å². The van der Waals surface area contributed by atoms with Crippen LogP contribution in [0.4, 0.5) is 10.2 Å². The maximum atomic E-state index is 13.3. The van der Waals surface area contributed by atoms with Crippen LogP contribution in [0.2, 0.25) is 0 Å². The van der Waals surface area contributed by atoms with Crippen molar-refractivity contribution in [3.05, 3.63) is 71.7 Å². The zero-order chi connectivity index (χ0) is 23.2. The van der Waals surface area contributed by atoms with Gasteiger partial charge in [0, 0.05) is 24.8 Å². The zero-order valence-electron chi connectivity index (χ0n) is 18.3. The van der Waals surface area contributed by atoms with E-state index in [0.717, 1.165) is 30.7 Å². The van der Waals surface area contributed by atoms with Crippen LogP contribution in [0.3, 0.4) is 0 Å². The molecule has 0 amide bonds. The van der Waals surface area contributed by atoms with Gasteiger partial charge in [-0.2, -0.15) is 0 Å². The molecule has 4 heterocycles. The molecule has 0 radical (unpaired) electrons. The second kappa shape index (κ2) is 7.92. The summed E-state index contributed by atoms with van der Waals surface area (Å²) in [6.07, 6.45) is 2.62. The lowest BCUT2D eigenvalue weighted by Gasteiger charge is -2.25. The zero-order valence-corrected chi connectivity index (χ0v) is 18.3. The Labute approximate surface area is 193 Å². The van der Waals surface area contributed by atoms with Gasteiger partial charge in [-0.05, 0) is 71.3 Å². The number of nitrogen functional groups attached to an aromatic ring is 1. The third-order valence-electron chi connectivity index (χ3n) is 5.93. The molecule has 0 spiro atoms. The molecule has 2 N–H and O–H groups in total. The van der Waals surface area contributed by atoms with Crippen molar-refractivity contribution in [1.29, 1.82) is 0 Å². The Morgan fingerprint density at radius 1 is 1.06 bits per heavy atom. The molecule has 0 unspecified atom stereocenters. The third kappa shape index (κ3) is 3.54. The van der Waals surface area contributed by atoms with Crippen molar-refractivity contribution in [2.45, 2.75) is 13.0 Å². The topological polar surface area (TPSA) is 108 Å². The van der Waals surface area contributed by atoms with Crippen molar-refractivity contribution in [2.24, 2.45) is 0 Å². The molecule has 5 aromatic rings. The molecule has 0 aliphatic carbocycles. The number of pyridine rings is 1. The fraction of sp³-hybridized carbons (Fsp3) is 0.167. The lowest BCUT2D eigenvalue weighted by molar-refractivity contribution is 0.310. The first-order valence-electron chi connectivity index (χ1n) is 10.8. The van der Waals surface area contributed by atoms with E-state index in [4.69, 9.17) is 20.1 Å². The number of nitrogens with zero attached hydrogens (tertiary/aromatic N) is 6. The minimum atomic E-state index is -0.338. The number of nitrogens with two attached hydrogens (primary N) is 1. The van der Waals surface area contributed by atoms with Crippen LogP contribution in [-0.2, 0) is 13.0 Å². The van der Waals surface area contributed by atoms with E-state index >= 15 is 0 Å². The predicted octanol–water partition coefficient (Wildman–Crippen LogP) is 3.97. The minimum absolute atomic E-state index is 0.144. The van der Waals surface area contributed by atoms with Gasteiger partial charge in [0.2, 0.25) is 5.88 Å². The monoisotopic (exact) mass is 457 g/mol. The highest BCUT2D eigenvalue weighted by Gasteiger charge is 2.22. The van der Waals surface area contributed by atoms with Gasteiger partial charge in [0.15, 0.2) is 17.3 Å². The number of hydrogen-bond acceptors (Lipinski definition) is 8. The minimum Gasteiger partial charge on any atom is -0.439 e. The smallest absolute Gasteiger partial charge is 0.221 e. The number of rotatable bonds is 4. The van der Waals surface area contributed by atoms with Gasteiger partial charge in [0.1, 0.15) is 17.1 Å². The van der Waals surface area contributed by atoms with E-state index in [2.05, 4.69) is 45.4 Å². The highest BCUT2D eigenvalue weighted by atomic mass is 19.1. The van der Waals surface area contributed by atoms with Crippen LogP contribution >= 0.6 is 0 Å². The van der Waals surface area contributed by atoms with E-state index in [-0.39, 0.29) is 11.6 Å². The summed E-state index contributed by atoms with van der Waals surface area (Å²) < 4.78 is 25.9. The molecule has 2 aromatic carbocycles. The van der Waals surface area contributed by atoms with E-state index < -0.39 is 0 Å². The van der Waals surface area contributed by atoms with Crippen molar-refractivity contribution in [3.8, 4) is 28.8 Å². The van der Waals surface area contributed by atoms with Crippen LogP contribution in [0.15, 0.2) is 59.4 Å². The molecule has 170 valence electrons. The van der Waals surface area contributed by atoms with Gasteiger partial charge in [0.05, 0.1) is 11.7 Å². The Balaban J connectivity index is 1.52. The second-order valence-corrected chi connectivity index (χ2v) is 8.28. The number of aromatic nitrogens is 5. The molecule has 6 rings (SSSR count). The summed E-state index contributed by atoms with van der Waals surface area (Å²) in [4.78, 5) is 11.4. The van der Waals surface area contributed by atoms with Crippen LogP contribution in [0.5, 0.6) is 11.6 Å². The number of halogens is 1. The van der Waals surface area contributed by atoms with Gasteiger partial charge in [-0.25, -0.2) is 19.0 Å². The molecule has 9 nitrogen and oxygen atoms in total. The molecule has 10 heteroatoms. The van der Waals surface area contributed by atoms with Gasteiger partial charge in [-0.3, -0.25) is 4.57 Å². The van der Waals surface area contributed by atoms with Gasteiger partial charge >= 0.3 is 0 Å². The van der Waals surface area contributed by atoms with E-state index in [1.54, 1.807) is 24.4 Å². The molecule has 0 fully saturated rings. The first-order chi connectivity index (χ1) is 16.5. The SMILES string of the molecule is CN1CCc2ccc(-n3c(-c4nonc4N)nc4cnc(Oc5ccc(F)cc5)cc43)cc2C1. The Morgan fingerprint density at radius 2 is 1.91 bits per heavy atom. The highest BCUT2D eigenvalue weighted by Crippen LogP contribution is 2.33. The van der Waals surface area contributed by atoms with Crippen molar-refractivity contribution in [1.82, 2.24) is 29.7 Å². The van der Waals surface area contributed by atoms with Crippen molar-refractivity contribution >= 4 is 16.9 Å². The molecular weight excluding hydrogens is 437 g/mol. The fourth-order valence-electron chi connectivity index (χ4n) is 4.24. The van der Waals surface area contributed by atoms with Gasteiger partial charge in [-0.1, -0.05) is 6.07 Å². The first kappa shape index (κ1) is 20.3.